The molecule has 8 heteroatoms. The average Bonchev–Trinajstić information content (AvgIpc) is 2.64. The molecule has 1 aliphatic rings. The van der Waals surface area contributed by atoms with Crippen molar-refractivity contribution in [2.24, 2.45) is 0 Å². The predicted octanol–water partition coefficient (Wildman–Crippen LogP) is 0.962. The van der Waals surface area contributed by atoms with Crippen LogP contribution in [0.4, 0.5) is 17.6 Å². The maximum absolute atomic E-state index is 12.7. The summed E-state index contributed by atoms with van der Waals surface area (Å²) in [5.41, 5.74) is 0. The van der Waals surface area contributed by atoms with E-state index in [-0.39, 0.29) is 19.4 Å². The number of carboxylic acids is 1. The van der Waals surface area contributed by atoms with E-state index in [4.69, 9.17) is 5.11 Å². The molecule has 0 aromatic rings. The fraction of sp³-hybridized carbons (Fsp3) is 0.750. The topological polar surface area (TPSA) is 57.6 Å². The van der Waals surface area contributed by atoms with Gasteiger partial charge in [0.05, 0.1) is 0 Å². The third-order valence-electron chi connectivity index (χ3n) is 2.36. The number of aliphatic carboxylic acids is 1. The summed E-state index contributed by atoms with van der Waals surface area (Å²) in [5, 5.41) is 8.61. The minimum absolute atomic E-state index is 0.000388. The number of halogens is 4. The summed E-state index contributed by atoms with van der Waals surface area (Å²) in [6.07, 6.45) is -3.92. The lowest BCUT2D eigenvalue weighted by Crippen LogP contribution is -2.51. The second-order valence-electron chi connectivity index (χ2n) is 3.42. The molecular formula is C8H9F4NO3. The van der Waals surface area contributed by atoms with Crippen molar-refractivity contribution in [2.45, 2.75) is 31.2 Å². The van der Waals surface area contributed by atoms with Gasteiger partial charge in [0, 0.05) is 6.54 Å². The molecule has 1 N–H and O–H groups in total. The highest BCUT2D eigenvalue weighted by Crippen LogP contribution is 2.29. The van der Waals surface area contributed by atoms with Gasteiger partial charge in [-0.15, -0.1) is 0 Å². The number of rotatable bonds is 3. The van der Waals surface area contributed by atoms with Crippen molar-refractivity contribution in [3.8, 4) is 0 Å². The summed E-state index contributed by atoms with van der Waals surface area (Å²) >= 11 is 0. The molecule has 0 bridgehead atoms. The molecule has 4 nitrogen and oxygen atoms in total. The van der Waals surface area contributed by atoms with E-state index in [1.165, 1.54) is 0 Å². The fourth-order valence-electron chi connectivity index (χ4n) is 1.55. The zero-order valence-electron chi connectivity index (χ0n) is 8.00. The zero-order valence-corrected chi connectivity index (χ0v) is 8.00. The van der Waals surface area contributed by atoms with Crippen LogP contribution in [0, 0.1) is 0 Å². The van der Waals surface area contributed by atoms with Crippen LogP contribution in [0.15, 0.2) is 0 Å². The van der Waals surface area contributed by atoms with Crippen molar-refractivity contribution in [2.75, 3.05) is 6.54 Å². The monoisotopic (exact) mass is 243 g/mol. The maximum atomic E-state index is 12.7. The van der Waals surface area contributed by atoms with Crippen LogP contribution in [0.25, 0.3) is 0 Å². The Kier molecular flexibility index (Phi) is 3.39. The summed E-state index contributed by atoms with van der Waals surface area (Å²) in [4.78, 5) is 21.9. The molecule has 1 fully saturated rings. The van der Waals surface area contributed by atoms with Crippen molar-refractivity contribution in [1.82, 2.24) is 4.90 Å². The molecular weight excluding hydrogens is 234 g/mol. The first kappa shape index (κ1) is 12.7. The Morgan fingerprint density at radius 1 is 1.38 bits per heavy atom. The third kappa shape index (κ3) is 2.10. The van der Waals surface area contributed by atoms with Crippen LogP contribution < -0.4 is 0 Å². The van der Waals surface area contributed by atoms with E-state index >= 15 is 0 Å². The number of carbonyl (C=O) groups excluding carboxylic acids is 1. The number of alkyl halides is 4. The summed E-state index contributed by atoms with van der Waals surface area (Å²) < 4.78 is 49.2. The zero-order chi connectivity index (χ0) is 12.5. The SMILES string of the molecule is O=C(O)C1CCCN1C(=O)C(F)(F)C(F)F. The van der Waals surface area contributed by atoms with E-state index in [9.17, 15) is 27.2 Å². The first-order valence-corrected chi connectivity index (χ1v) is 4.48. The van der Waals surface area contributed by atoms with Gasteiger partial charge in [0.25, 0.3) is 5.91 Å². The molecule has 1 saturated heterocycles. The smallest absolute Gasteiger partial charge is 0.383 e. The number of hydrogen-bond acceptors (Lipinski definition) is 2. The predicted molar refractivity (Wildman–Crippen MR) is 43.3 cm³/mol. The minimum Gasteiger partial charge on any atom is -0.480 e. The maximum Gasteiger partial charge on any atom is 0.383 e. The second kappa shape index (κ2) is 4.26. The lowest BCUT2D eigenvalue weighted by molar-refractivity contribution is -0.183. The summed E-state index contributed by atoms with van der Waals surface area (Å²) in [7, 11) is 0. The number of nitrogens with zero attached hydrogens (tertiary/aromatic N) is 1. The van der Waals surface area contributed by atoms with Crippen LogP contribution in [0.2, 0.25) is 0 Å². The summed E-state index contributed by atoms with van der Waals surface area (Å²) in [6.45, 7) is -0.238. The number of carbonyl (C=O) groups is 2. The highest BCUT2D eigenvalue weighted by atomic mass is 19.3. The van der Waals surface area contributed by atoms with Gasteiger partial charge >= 0.3 is 18.3 Å². The Morgan fingerprint density at radius 3 is 2.38 bits per heavy atom. The first-order chi connectivity index (χ1) is 7.28. The molecule has 0 radical (unpaired) electrons. The van der Waals surface area contributed by atoms with Gasteiger partial charge in [0.15, 0.2) is 0 Å². The minimum atomic E-state index is -4.82. The standard InChI is InChI=1S/C8H9F4NO3/c9-6(10)8(11,12)7(16)13-3-1-2-4(13)5(14)15/h4,6H,1-3H2,(H,14,15). The van der Waals surface area contributed by atoms with Gasteiger partial charge in [0.2, 0.25) is 0 Å². The van der Waals surface area contributed by atoms with Gasteiger partial charge in [-0.05, 0) is 12.8 Å². The number of amides is 1. The Bertz CT molecular complexity index is 308. The van der Waals surface area contributed by atoms with Gasteiger partial charge < -0.3 is 10.0 Å². The molecule has 1 atom stereocenters. The molecule has 16 heavy (non-hydrogen) atoms. The quantitative estimate of drug-likeness (QED) is 0.751. The van der Waals surface area contributed by atoms with Crippen LogP contribution in [-0.4, -0.2) is 46.8 Å². The van der Waals surface area contributed by atoms with Crippen LogP contribution in [0.1, 0.15) is 12.8 Å². The van der Waals surface area contributed by atoms with Crippen LogP contribution >= 0.6 is 0 Å². The molecule has 1 amide bonds. The highest BCUT2D eigenvalue weighted by Gasteiger charge is 2.53. The molecule has 1 rings (SSSR count). The molecule has 0 saturated carbocycles. The van der Waals surface area contributed by atoms with E-state index in [1.807, 2.05) is 0 Å². The number of carboxylic acid groups (broad SMARTS) is 1. The second-order valence-corrected chi connectivity index (χ2v) is 3.42. The Hall–Kier alpha value is -1.34. The average molecular weight is 243 g/mol. The van der Waals surface area contributed by atoms with Gasteiger partial charge in [-0.2, -0.15) is 8.78 Å². The van der Waals surface area contributed by atoms with Crippen LogP contribution in [0.3, 0.4) is 0 Å². The van der Waals surface area contributed by atoms with Crippen LogP contribution in [-0.2, 0) is 9.59 Å². The molecule has 0 aromatic heterocycles. The molecule has 0 aliphatic carbocycles. The lowest BCUT2D eigenvalue weighted by atomic mass is 10.2. The molecule has 0 aromatic carbocycles. The van der Waals surface area contributed by atoms with Crippen molar-refractivity contribution >= 4 is 11.9 Å². The number of hydrogen-bond donors (Lipinski definition) is 1. The highest BCUT2D eigenvalue weighted by molar-refractivity contribution is 5.89. The lowest BCUT2D eigenvalue weighted by Gasteiger charge is -2.25. The number of likely N-dealkylation sites (tertiary alicyclic amines) is 1. The van der Waals surface area contributed by atoms with Crippen LogP contribution in [0.5, 0.6) is 0 Å². The molecule has 1 heterocycles. The Morgan fingerprint density at radius 2 is 1.94 bits per heavy atom. The normalized spacial score (nSPS) is 21.6. The van der Waals surface area contributed by atoms with E-state index < -0.39 is 30.3 Å². The van der Waals surface area contributed by atoms with E-state index in [1.54, 1.807) is 0 Å². The summed E-state index contributed by atoms with van der Waals surface area (Å²) in [5.74, 6) is -8.40. The van der Waals surface area contributed by atoms with E-state index in [0.717, 1.165) is 0 Å². The molecule has 92 valence electrons. The molecule has 1 aliphatic heterocycles. The molecule has 0 spiro atoms. The van der Waals surface area contributed by atoms with Crippen molar-refractivity contribution in [3.05, 3.63) is 0 Å². The van der Waals surface area contributed by atoms with Gasteiger partial charge in [-0.25, -0.2) is 13.6 Å². The van der Waals surface area contributed by atoms with Gasteiger partial charge in [-0.1, -0.05) is 0 Å². The van der Waals surface area contributed by atoms with Gasteiger partial charge in [0.1, 0.15) is 6.04 Å². The van der Waals surface area contributed by atoms with Gasteiger partial charge in [-0.3, -0.25) is 4.79 Å². The fourth-order valence-corrected chi connectivity index (χ4v) is 1.55. The largest absolute Gasteiger partial charge is 0.480 e. The summed E-state index contributed by atoms with van der Waals surface area (Å²) in [6, 6.07) is -1.43. The van der Waals surface area contributed by atoms with E-state index in [0.29, 0.717) is 4.90 Å². The molecule has 1 unspecified atom stereocenters. The first-order valence-electron chi connectivity index (χ1n) is 4.48. The van der Waals surface area contributed by atoms with E-state index in [2.05, 4.69) is 0 Å². The van der Waals surface area contributed by atoms with Crippen molar-refractivity contribution in [3.63, 3.8) is 0 Å². The third-order valence-corrected chi connectivity index (χ3v) is 2.36. The Balaban J connectivity index is 2.85. The van der Waals surface area contributed by atoms with Crippen molar-refractivity contribution < 1.29 is 32.3 Å². The van der Waals surface area contributed by atoms with Crippen molar-refractivity contribution in [1.29, 1.82) is 0 Å². The Labute approximate surface area is 87.8 Å².